The molecule has 0 unspecified atom stereocenters. The molecule has 16 heavy (non-hydrogen) atoms. The minimum Gasteiger partial charge on any atom is -0.383 e. The van der Waals surface area contributed by atoms with Crippen molar-refractivity contribution in [3.05, 3.63) is 29.6 Å². The van der Waals surface area contributed by atoms with Gasteiger partial charge in [0, 0.05) is 6.54 Å². The maximum atomic E-state index is 13.2. The summed E-state index contributed by atoms with van der Waals surface area (Å²) in [6.45, 7) is 4.75. The number of rotatable bonds is 5. The molecule has 0 aliphatic heterocycles. The van der Waals surface area contributed by atoms with Gasteiger partial charge < -0.3 is 5.32 Å². The SMILES string of the molecule is CC(C)CCCNc1ccc(F)c(F)c1F. The summed E-state index contributed by atoms with van der Waals surface area (Å²) < 4.78 is 38.6. The third kappa shape index (κ3) is 3.43. The van der Waals surface area contributed by atoms with Crippen molar-refractivity contribution < 1.29 is 13.2 Å². The zero-order valence-corrected chi connectivity index (χ0v) is 9.49. The molecule has 1 nitrogen and oxygen atoms in total. The zero-order chi connectivity index (χ0) is 12.1. The molecule has 0 bridgehead atoms. The van der Waals surface area contributed by atoms with E-state index in [1.807, 2.05) is 0 Å². The van der Waals surface area contributed by atoms with Crippen molar-refractivity contribution in [2.75, 3.05) is 11.9 Å². The Balaban J connectivity index is 2.52. The molecular formula is C12H16F3N. The van der Waals surface area contributed by atoms with E-state index < -0.39 is 17.5 Å². The summed E-state index contributed by atoms with van der Waals surface area (Å²) in [5, 5.41) is 2.75. The predicted octanol–water partition coefficient (Wildman–Crippen LogP) is 3.95. The van der Waals surface area contributed by atoms with Crippen molar-refractivity contribution in [3.63, 3.8) is 0 Å². The van der Waals surface area contributed by atoms with Gasteiger partial charge >= 0.3 is 0 Å². The largest absolute Gasteiger partial charge is 0.383 e. The summed E-state index contributed by atoms with van der Waals surface area (Å²) in [6.07, 6.45) is 1.88. The first kappa shape index (κ1) is 12.9. The van der Waals surface area contributed by atoms with Crippen LogP contribution in [0.15, 0.2) is 12.1 Å². The van der Waals surface area contributed by atoms with Crippen molar-refractivity contribution in [1.82, 2.24) is 0 Å². The quantitative estimate of drug-likeness (QED) is 0.597. The van der Waals surface area contributed by atoms with Crippen LogP contribution in [0, 0.1) is 23.4 Å². The van der Waals surface area contributed by atoms with Gasteiger partial charge in [0.1, 0.15) is 0 Å². The summed E-state index contributed by atoms with van der Waals surface area (Å²) in [6, 6.07) is 2.13. The Morgan fingerprint density at radius 1 is 1.12 bits per heavy atom. The van der Waals surface area contributed by atoms with Crippen LogP contribution in [0.5, 0.6) is 0 Å². The van der Waals surface area contributed by atoms with Crippen LogP contribution in [-0.2, 0) is 0 Å². The summed E-state index contributed by atoms with van der Waals surface area (Å²) in [5.41, 5.74) is 0.0163. The van der Waals surface area contributed by atoms with Gasteiger partial charge in [-0.25, -0.2) is 13.2 Å². The Bertz CT molecular complexity index is 350. The summed E-state index contributed by atoms with van der Waals surface area (Å²) in [4.78, 5) is 0. The molecule has 0 saturated heterocycles. The molecule has 0 atom stereocenters. The lowest BCUT2D eigenvalue weighted by molar-refractivity contribution is 0.448. The van der Waals surface area contributed by atoms with Crippen molar-refractivity contribution in [2.24, 2.45) is 5.92 Å². The highest BCUT2D eigenvalue weighted by Crippen LogP contribution is 2.19. The molecule has 0 aliphatic rings. The molecule has 0 aromatic heterocycles. The second-order valence-corrected chi connectivity index (χ2v) is 4.19. The van der Waals surface area contributed by atoms with Gasteiger partial charge in [-0.1, -0.05) is 13.8 Å². The molecule has 0 aliphatic carbocycles. The highest BCUT2D eigenvalue weighted by Gasteiger charge is 2.12. The maximum absolute atomic E-state index is 13.2. The average Bonchev–Trinajstić information content (AvgIpc) is 2.23. The zero-order valence-electron chi connectivity index (χ0n) is 9.49. The summed E-state index contributed by atoms with van der Waals surface area (Å²) in [7, 11) is 0. The molecule has 0 amide bonds. The second kappa shape index (κ2) is 5.77. The molecule has 0 saturated carbocycles. The number of nitrogens with one attached hydrogen (secondary N) is 1. The van der Waals surface area contributed by atoms with E-state index in [0.29, 0.717) is 12.5 Å². The van der Waals surface area contributed by atoms with Crippen LogP contribution in [0.3, 0.4) is 0 Å². The van der Waals surface area contributed by atoms with Gasteiger partial charge in [0.15, 0.2) is 17.5 Å². The Kier molecular flexibility index (Phi) is 4.65. The van der Waals surface area contributed by atoms with Crippen LogP contribution < -0.4 is 5.32 Å². The summed E-state index contributed by atoms with van der Waals surface area (Å²) >= 11 is 0. The first-order valence-corrected chi connectivity index (χ1v) is 5.39. The molecule has 1 aromatic rings. The predicted molar refractivity (Wildman–Crippen MR) is 58.9 cm³/mol. The number of benzene rings is 1. The van der Waals surface area contributed by atoms with E-state index in [9.17, 15) is 13.2 Å². The van der Waals surface area contributed by atoms with Crippen LogP contribution in [0.4, 0.5) is 18.9 Å². The van der Waals surface area contributed by atoms with Crippen molar-refractivity contribution in [2.45, 2.75) is 26.7 Å². The van der Waals surface area contributed by atoms with E-state index in [1.54, 1.807) is 0 Å². The van der Waals surface area contributed by atoms with Gasteiger partial charge in [-0.15, -0.1) is 0 Å². The first-order chi connectivity index (χ1) is 7.52. The van der Waals surface area contributed by atoms with E-state index in [4.69, 9.17) is 0 Å². The van der Waals surface area contributed by atoms with Crippen LogP contribution in [0.25, 0.3) is 0 Å². The molecule has 1 N–H and O–H groups in total. The lowest BCUT2D eigenvalue weighted by Gasteiger charge is -2.09. The first-order valence-electron chi connectivity index (χ1n) is 5.39. The highest BCUT2D eigenvalue weighted by molar-refractivity contribution is 5.45. The topological polar surface area (TPSA) is 12.0 Å². The molecule has 1 aromatic carbocycles. The van der Waals surface area contributed by atoms with Crippen molar-refractivity contribution in [3.8, 4) is 0 Å². The van der Waals surface area contributed by atoms with E-state index in [1.165, 1.54) is 6.07 Å². The number of anilines is 1. The van der Waals surface area contributed by atoms with Gasteiger partial charge in [-0.2, -0.15) is 0 Å². The van der Waals surface area contributed by atoms with Crippen LogP contribution >= 0.6 is 0 Å². The number of halogens is 3. The minimum atomic E-state index is -1.42. The Morgan fingerprint density at radius 2 is 1.81 bits per heavy atom. The van der Waals surface area contributed by atoms with Crippen LogP contribution in [-0.4, -0.2) is 6.54 Å². The molecule has 1 rings (SSSR count). The maximum Gasteiger partial charge on any atom is 0.196 e. The number of hydrogen-bond donors (Lipinski definition) is 1. The van der Waals surface area contributed by atoms with Gasteiger partial charge in [-0.3, -0.25) is 0 Å². The van der Waals surface area contributed by atoms with Crippen LogP contribution in [0.1, 0.15) is 26.7 Å². The molecule has 0 fully saturated rings. The van der Waals surface area contributed by atoms with E-state index >= 15 is 0 Å². The molecule has 0 spiro atoms. The van der Waals surface area contributed by atoms with Gasteiger partial charge in [-0.05, 0) is 30.9 Å². The van der Waals surface area contributed by atoms with Crippen molar-refractivity contribution in [1.29, 1.82) is 0 Å². The molecule has 0 radical (unpaired) electrons. The molecule has 90 valence electrons. The minimum absolute atomic E-state index is 0.0163. The fourth-order valence-corrected chi connectivity index (χ4v) is 1.40. The Hall–Kier alpha value is -1.19. The lowest BCUT2D eigenvalue weighted by Crippen LogP contribution is -2.06. The van der Waals surface area contributed by atoms with Crippen LogP contribution in [0.2, 0.25) is 0 Å². The highest BCUT2D eigenvalue weighted by atomic mass is 19.2. The average molecular weight is 231 g/mol. The third-order valence-corrected chi connectivity index (χ3v) is 2.31. The fraction of sp³-hybridized carbons (Fsp3) is 0.500. The fourth-order valence-electron chi connectivity index (χ4n) is 1.40. The second-order valence-electron chi connectivity index (χ2n) is 4.19. The van der Waals surface area contributed by atoms with Gasteiger partial charge in [0.2, 0.25) is 0 Å². The molecular weight excluding hydrogens is 215 g/mol. The normalized spacial score (nSPS) is 10.9. The van der Waals surface area contributed by atoms with E-state index in [-0.39, 0.29) is 5.69 Å². The van der Waals surface area contributed by atoms with E-state index in [2.05, 4.69) is 19.2 Å². The smallest absolute Gasteiger partial charge is 0.196 e. The third-order valence-electron chi connectivity index (χ3n) is 2.31. The molecule has 0 heterocycles. The molecule has 4 heteroatoms. The monoisotopic (exact) mass is 231 g/mol. The van der Waals surface area contributed by atoms with E-state index in [0.717, 1.165) is 18.9 Å². The Morgan fingerprint density at radius 3 is 2.44 bits per heavy atom. The standard InChI is InChI=1S/C12H16F3N/c1-8(2)4-3-7-16-10-6-5-9(13)11(14)12(10)15/h5-6,8,16H,3-4,7H2,1-2H3. The number of hydrogen-bond acceptors (Lipinski definition) is 1. The Labute approximate surface area is 93.7 Å². The van der Waals surface area contributed by atoms with Gasteiger partial charge in [0.05, 0.1) is 5.69 Å². The lowest BCUT2D eigenvalue weighted by atomic mass is 10.1. The van der Waals surface area contributed by atoms with Gasteiger partial charge in [0.25, 0.3) is 0 Å². The summed E-state index contributed by atoms with van der Waals surface area (Å²) in [5.74, 6) is -3.15. The van der Waals surface area contributed by atoms with Crippen molar-refractivity contribution >= 4 is 5.69 Å².